The van der Waals surface area contributed by atoms with E-state index in [1.54, 1.807) is 18.4 Å². The number of hydrogen-bond acceptors (Lipinski definition) is 4. The van der Waals surface area contributed by atoms with Crippen LogP contribution in [-0.2, 0) is 11.2 Å². The Morgan fingerprint density at radius 2 is 2.35 bits per heavy atom. The van der Waals surface area contributed by atoms with Gasteiger partial charge in [0.15, 0.2) is 11.3 Å². The third-order valence-electron chi connectivity index (χ3n) is 2.57. The van der Waals surface area contributed by atoms with Crippen molar-refractivity contribution in [3.63, 3.8) is 0 Å². The number of carbonyl (C=O) groups is 1. The van der Waals surface area contributed by atoms with Crippen LogP contribution < -0.4 is 10.5 Å². The van der Waals surface area contributed by atoms with Gasteiger partial charge in [0.25, 0.3) is 0 Å². The smallest absolute Gasteiger partial charge is 0.320 e. The van der Waals surface area contributed by atoms with Gasteiger partial charge < -0.3 is 20.0 Å². The summed E-state index contributed by atoms with van der Waals surface area (Å²) in [4.78, 5) is 10.7. The van der Waals surface area contributed by atoms with Crippen molar-refractivity contribution in [2.75, 3.05) is 7.11 Å². The maximum absolute atomic E-state index is 10.7. The van der Waals surface area contributed by atoms with Crippen LogP contribution in [0, 0.1) is 0 Å². The van der Waals surface area contributed by atoms with E-state index in [1.807, 2.05) is 6.07 Å². The van der Waals surface area contributed by atoms with Crippen LogP contribution in [0.25, 0.3) is 11.0 Å². The van der Waals surface area contributed by atoms with E-state index in [2.05, 4.69) is 0 Å². The van der Waals surface area contributed by atoms with Gasteiger partial charge in [0.2, 0.25) is 0 Å². The highest BCUT2D eigenvalue weighted by Gasteiger charge is 2.14. The molecule has 1 unspecified atom stereocenters. The van der Waals surface area contributed by atoms with Crippen molar-refractivity contribution >= 4 is 16.9 Å². The number of aliphatic carboxylic acids is 1. The lowest BCUT2D eigenvalue weighted by Crippen LogP contribution is -2.32. The van der Waals surface area contributed by atoms with Gasteiger partial charge in [-0.25, -0.2) is 0 Å². The topological polar surface area (TPSA) is 85.7 Å². The highest BCUT2D eigenvalue weighted by Crippen LogP contribution is 2.28. The first-order valence-electron chi connectivity index (χ1n) is 5.14. The van der Waals surface area contributed by atoms with Crippen molar-refractivity contribution in [1.82, 2.24) is 0 Å². The lowest BCUT2D eigenvalue weighted by atomic mass is 10.0. The maximum Gasteiger partial charge on any atom is 0.320 e. The van der Waals surface area contributed by atoms with Gasteiger partial charge in [-0.15, -0.1) is 0 Å². The van der Waals surface area contributed by atoms with E-state index < -0.39 is 12.0 Å². The standard InChI is InChI=1S/C12H13NO4/c1-16-10-6-7(5-9(13)12(14)15)4-8-2-3-17-11(8)10/h2-4,6,9H,5,13H2,1H3,(H,14,15). The average molecular weight is 235 g/mol. The van der Waals surface area contributed by atoms with Crippen LogP contribution in [0.4, 0.5) is 0 Å². The van der Waals surface area contributed by atoms with E-state index >= 15 is 0 Å². The second-order valence-electron chi connectivity index (χ2n) is 3.79. The molecule has 0 amide bonds. The zero-order valence-electron chi connectivity index (χ0n) is 9.34. The Hall–Kier alpha value is -2.01. The molecule has 0 radical (unpaired) electrons. The Bertz CT molecular complexity index is 546. The van der Waals surface area contributed by atoms with Gasteiger partial charge >= 0.3 is 5.97 Å². The van der Waals surface area contributed by atoms with Crippen LogP contribution in [-0.4, -0.2) is 24.2 Å². The van der Waals surface area contributed by atoms with Crippen molar-refractivity contribution in [3.05, 3.63) is 30.0 Å². The van der Waals surface area contributed by atoms with Crippen molar-refractivity contribution in [2.45, 2.75) is 12.5 Å². The number of fused-ring (bicyclic) bond motifs is 1. The number of rotatable bonds is 4. The van der Waals surface area contributed by atoms with E-state index in [0.717, 1.165) is 10.9 Å². The van der Waals surface area contributed by atoms with Crippen LogP contribution in [0.3, 0.4) is 0 Å². The summed E-state index contributed by atoms with van der Waals surface area (Å²) < 4.78 is 10.5. The fourth-order valence-electron chi connectivity index (χ4n) is 1.72. The van der Waals surface area contributed by atoms with Crippen molar-refractivity contribution in [2.24, 2.45) is 5.73 Å². The fraction of sp³-hybridized carbons (Fsp3) is 0.250. The van der Waals surface area contributed by atoms with E-state index in [4.69, 9.17) is 20.0 Å². The molecule has 2 aromatic rings. The van der Waals surface area contributed by atoms with Gasteiger partial charge in [0.05, 0.1) is 13.4 Å². The second-order valence-corrected chi connectivity index (χ2v) is 3.79. The van der Waals surface area contributed by atoms with Gasteiger partial charge in [-0.3, -0.25) is 4.79 Å². The monoisotopic (exact) mass is 235 g/mol. The first-order chi connectivity index (χ1) is 8.11. The lowest BCUT2D eigenvalue weighted by Gasteiger charge is -2.08. The lowest BCUT2D eigenvalue weighted by molar-refractivity contribution is -0.138. The number of furan rings is 1. The van der Waals surface area contributed by atoms with Crippen molar-refractivity contribution < 1.29 is 19.1 Å². The molecule has 1 aromatic carbocycles. The first-order valence-corrected chi connectivity index (χ1v) is 5.14. The molecule has 2 rings (SSSR count). The van der Waals surface area contributed by atoms with Crippen molar-refractivity contribution in [1.29, 1.82) is 0 Å². The van der Waals surface area contributed by atoms with Gasteiger partial charge in [-0.05, 0) is 30.2 Å². The number of carboxylic acids is 1. The normalized spacial score (nSPS) is 12.6. The molecule has 5 nitrogen and oxygen atoms in total. The second kappa shape index (κ2) is 4.47. The minimum absolute atomic E-state index is 0.257. The Balaban J connectivity index is 2.38. The summed E-state index contributed by atoms with van der Waals surface area (Å²) in [6.45, 7) is 0. The minimum Gasteiger partial charge on any atom is -0.493 e. The molecule has 1 heterocycles. The zero-order chi connectivity index (χ0) is 12.4. The average Bonchev–Trinajstić information content (AvgIpc) is 2.75. The van der Waals surface area contributed by atoms with Gasteiger partial charge in [-0.2, -0.15) is 0 Å². The molecule has 0 saturated heterocycles. The molecule has 17 heavy (non-hydrogen) atoms. The van der Waals surface area contributed by atoms with Crippen LogP contribution in [0.1, 0.15) is 5.56 Å². The first kappa shape index (κ1) is 11.5. The quantitative estimate of drug-likeness (QED) is 0.836. The molecule has 1 aromatic heterocycles. The molecule has 5 heteroatoms. The summed E-state index contributed by atoms with van der Waals surface area (Å²) in [5, 5.41) is 9.64. The third kappa shape index (κ3) is 2.24. The molecular formula is C12H13NO4. The highest BCUT2D eigenvalue weighted by molar-refractivity contribution is 5.84. The molecule has 0 aliphatic rings. The number of hydrogen-bond donors (Lipinski definition) is 2. The summed E-state index contributed by atoms with van der Waals surface area (Å²) in [6.07, 6.45) is 1.82. The van der Waals surface area contributed by atoms with Crippen molar-refractivity contribution in [3.8, 4) is 5.75 Å². The van der Waals surface area contributed by atoms with Crippen LogP contribution in [0.15, 0.2) is 28.9 Å². The number of benzene rings is 1. The molecule has 0 saturated carbocycles. The predicted molar refractivity (Wildman–Crippen MR) is 62.1 cm³/mol. The maximum atomic E-state index is 10.7. The Labute approximate surface area is 97.8 Å². The Kier molecular flexibility index (Phi) is 3.01. The van der Waals surface area contributed by atoms with Gasteiger partial charge in [0.1, 0.15) is 6.04 Å². The summed E-state index contributed by atoms with van der Waals surface area (Å²) in [5.74, 6) is -0.434. The SMILES string of the molecule is COc1cc(CC(N)C(=O)O)cc2ccoc12. The number of carboxylic acid groups (broad SMARTS) is 1. The van der Waals surface area contributed by atoms with E-state index in [0.29, 0.717) is 11.3 Å². The van der Waals surface area contributed by atoms with Crippen LogP contribution in [0.2, 0.25) is 0 Å². The van der Waals surface area contributed by atoms with E-state index in [1.165, 1.54) is 7.11 Å². The molecule has 0 aliphatic heterocycles. The summed E-state index contributed by atoms with van der Waals surface area (Å²) in [5.41, 5.74) is 6.96. The summed E-state index contributed by atoms with van der Waals surface area (Å²) >= 11 is 0. The minimum atomic E-state index is -1.02. The third-order valence-corrected chi connectivity index (χ3v) is 2.57. The molecule has 0 bridgehead atoms. The number of nitrogens with two attached hydrogens (primary N) is 1. The molecule has 3 N–H and O–H groups in total. The summed E-state index contributed by atoms with van der Waals surface area (Å²) in [6, 6.07) is 4.48. The molecular weight excluding hydrogens is 222 g/mol. The van der Waals surface area contributed by atoms with Gasteiger partial charge in [0, 0.05) is 5.39 Å². The van der Waals surface area contributed by atoms with E-state index in [-0.39, 0.29) is 6.42 Å². The summed E-state index contributed by atoms with van der Waals surface area (Å²) in [7, 11) is 1.54. The number of methoxy groups -OCH3 is 1. The molecule has 0 fully saturated rings. The Morgan fingerprint density at radius 1 is 1.59 bits per heavy atom. The fourth-order valence-corrected chi connectivity index (χ4v) is 1.72. The molecule has 1 atom stereocenters. The molecule has 0 aliphatic carbocycles. The van der Waals surface area contributed by atoms with E-state index in [9.17, 15) is 4.79 Å². The van der Waals surface area contributed by atoms with Crippen LogP contribution in [0.5, 0.6) is 5.75 Å². The Morgan fingerprint density at radius 3 is 3.00 bits per heavy atom. The predicted octanol–water partition coefficient (Wildman–Crippen LogP) is 1.40. The van der Waals surface area contributed by atoms with Crippen LogP contribution >= 0.6 is 0 Å². The zero-order valence-corrected chi connectivity index (χ0v) is 9.34. The largest absolute Gasteiger partial charge is 0.493 e. The molecule has 90 valence electrons. The van der Waals surface area contributed by atoms with Gasteiger partial charge in [-0.1, -0.05) is 0 Å². The molecule has 0 spiro atoms. The number of ether oxygens (including phenoxy) is 1. The highest BCUT2D eigenvalue weighted by atomic mass is 16.5.